The molecule has 1 N–H and O–H groups in total. The predicted octanol–water partition coefficient (Wildman–Crippen LogP) is 6.15. The Labute approximate surface area is 147 Å². The van der Waals surface area contributed by atoms with Gasteiger partial charge < -0.3 is 5.11 Å². The molecular weight excluding hydrogens is 292 g/mol. The lowest BCUT2D eigenvalue weighted by Gasteiger charge is -2.39. The molecule has 0 radical (unpaired) electrons. The fourth-order valence-electron chi connectivity index (χ4n) is 4.43. The van der Waals surface area contributed by atoms with Gasteiger partial charge in [0.1, 0.15) is 0 Å². The van der Waals surface area contributed by atoms with Gasteiger partial charge in [0, 0.05) is 0 Å². The molecule has 2 aliphatic carbocycles. The number of benzene rings is 1. The van der Waals surface area contributed by atoms with Gasteiger partial charge in [-0.25, -0.2) is 0 Å². The Morgan fingerprint density at radius 1 is 1.04 bits per heavy atom. The molecule has 3 rings (SSSR count). The highest BCUT2D eigenvalue weighted by atomic mass is 16.3. The molecule has 0 aliphatic heterocycles. The summed E-state index contributed by atoms with van der Waals surface area (Å²) in [4.78, 5) is 0. The summed E-state index contributed by atoms with van der Waals surface area (Å²) in [6.45, 7) is 2.28. The molecule has 1 nitrogen and oxygen atoms in total. The number of hydrogen-bond acceptors (Lipinski definition) is 1. The van der Waals surface area contributed by atoms with Crippen LogP contribution >= 0.6 is 0 Å². The van der Waals surface area contributed by atoms with Gasteiger partial charge in [0.25, 0.3) is 0 Å². The maximum Gasteiger partial charge on any atom is 0.0893 e. The molecule has 0 bridgehead atoms. The van der Waals surface area contributed by atoms with Crippen LogP contribution in [0.2, 0.25) is 0 Å². The zero-order valence-corrected chi connectivity index (χ0v) is 15.1. The zero-order chi connectivity index (χ0) is 16.8. The SMILES string of the molecule is CCCCC[C@H]1CC[C@H](C2(O)C=CC(c3ccccc3)=CC2)CC1. The Kier molecular flexibility index (Phi) is 5.94. The van der Waals surface area contributed by atoms with E-state index in [1.807, 2.05) is 6.07 Å². The van der Waals surface area contributed by atoms with Gasteiger partial charge in [0.15, 0.2) is 0 Å². The molecule has 1 atom stereocenters. The van der Waals surface area contributed by atoms with Crippen LogP contribution in [0.3, 0.4) is 0 Å². The van der Waals surface area contributed by atoms with Crippen LogP contribution in [-0.4, -0.2) is 10.7 Å². The maximum atomic E-state index is 11.1. The van der Waals surface area contributed by atoms with E-state index in [1.165, 1.54) is 62.5 Å². The van der Waals surface area contributed by atoms with E-state index >= 15 is 0 Å². The molecule has 1 unspecified atom stereocenters. The number of allylic oxidation sites excluding steroid dienone is 2. The summed E-state index contributed by atoms with van der Waals surface area (Å²) in [6, 6.07) is 10.5. The van der Waals surface area contributed by atoms with E-state index in [1.54, 1.807) is 0 Å². The lowest BCUT2D eigenvalue weighted by Crippen LogP contribution is -2.38. The number of aliphatic hydroxyl groups is 1. The van der Waals surface area contributed by atoms with Crippen LogP contribution in [0.15, 0.2) is 48.6 Å². The second-order valence-electron chi connectivity index (χ2n) is 7.77. The lowest BCUT2D eigenvalue weighted by molar-refractivity contribution is 0.00488. The Hall–Kier alpha value is -1.34. The Bertz CT molecular complexity index is 563. The second kappa shape index (κ2) is 8.16. The predicted molar refractivity (Wildman–Crippen MR) is 103 cm³/mol. The van der Waals surface area contributed by atoms with Crippen molar-refractivity contribution in [3.8, 4) is 0 Å². The average Bonchev–Trinajstić information content (AvgIpc) is 2.64. The van der Waals surface area contributed by atoms with Crippen molar-refractivity contribution in [2.45, 2.75) is 70.3 Å². The highest BCUT2D eigenvalue weighted by Crippen LogP contribution is 2.42. The van der Waals surface area contributed by atoms with Gasteiger partial charge >= 0.3 is 0 Å². The van der Waals surface area contributed by atoms with Gasteiger partial charge in [-0.2, -0.15) is 0 Å². The molecule has 0 amide bonds. The molecule has 0 spiro atoms. The molecule has 1 fully saturated rings. The minimum atomic E-state index is -0.618. The molecule has 1 saturated carbocycles. The maximum absolute atomic E-state index is 11.1. The Morgan fingerprint density at radius 3 is 2.42 bits per heavy atom. The highest BCUT2D eigenvalue weighted by Gasteiger charge is 2.37. The molecule has 130 valence electrons. The van der Waals surface area contributed by atoms with Gasteiger partial charge in [-0.15, -0.1) is 0 Å². The Morgan fingerprint density at radius 2 is 1.79 bits per heavy atom. The zero-order valence-electron chi connectivity index (χ0n) is 15.1. The first-order valence-electron chi connectivity index (χ1n) is 9.88. The van der Waals surface area contributed by atoms with Crippen molar-refractivity contribution in [1.29, 1.82) is 0 Å². The molecule has 1 aromatic rings. The molecule has 1 heteroatoms. The Balaban J connectivity index is 1.54. The van der Waals surface area contributed by atoms with Crippen LogP contribution in [0.5, 0.6) is 0 Å². The van der Waals surface area contributed by atoms with Crippen molar-refractivity contribution in [2.75, 3.05) is 0 Å². The lowest BCUT2D eigenvalue weighted by atomic mass is 9.70. The van der Waals surface area contributed by atoms with Crippen molar-refractivity contribution >= 4 is 5.57 Å². The summed E-state index contributed by atoms with van der Waals surface area (Å²) >= 11 is 0. The van der Waals surface area contributed by atoms with E-state index < -0.39 is 5.60 Å². The largest absolute Gasteiger partial charge is 0.385 e. The number of hydrogen-bond donors (Lipinski definition) is 1. The van der Waals surface area contributed by atoms with Crippen LogP contribution in [0.25, 0.3) is 5.57 Å². The summed E-state index contributed by atoms with van der Waals surface area (Å²) < 4.78 is 0. The first kappa shape index (κ1) is 17.5. The van der Waals surface area contributed by atoms with Crippen molar-refractivity contribution in [1.82, 2.24) is 0 Å². The van der Waals surface area contributed by atoms with Crippen molar-refractivity contribution < 1.29 is 5.11 Å². The molecule has 0 aromatic heterocycles. The minimum Gasteiger partial charge on any atom is -0.385 e. The summed E-state index contributed by atoms with van der Waals surface area (Å²) in [5.41, 5.74) is 1.87. The van der Waals surface area contributed by atoms with Gasteiger partial charge in [-0.1, -0.05) is 94.0 Å². The van der Waals surface area contributed by atoms with Gasteiger partial charge in [0.05, 0.1) is 5.60 Å². The standard InChI is InChI=1S/C23H32O/c1-2-3-5-8-19-11-13-22(14-12-19)23(24)17-15-21(16-18-23)20-9-6-4-7-10-20/h4,6-7,9-10,15-17,19,22,24H,2-3,5,8,11-14,18H2,1H3/t19-,22-,23?. The summed E-state index contributed by atoms with van der Waals surface area (Å²) in [6.07, 6.45) is 17.7. The van der Waals surface area contributed by atoms with E-state index in [0.29, 0.717) is 5.92 Å². The molecule has 2 aliphatic rings. The molecular formula is C23H32O. The molecule has 0 saturated heterocycles. The second-order valence-corrected chi connectivity index (χ2v) is 7.77. The number of unbranched alkanes of at least 4 members (excludes halogenated alkanes) is 2. The fourth-order valence-corrected chi connectivity index (χ4v) is 4.43. The highest BCUT2D eigenvalue weighted by molar-refractivity contribution is 5.75. The molecule has 1 aromatic carbocycles. The first-order valence-corrected chi connectivity index (χ1v) is 9.88. The third-order valence-corrected chi connectivity index (χ3v) is 6.08. The fraction of sp³-hybridized carbons (Fsp3) is 0.565. The summed E-state index contributed by atoms with van der Waals surface area (Å²) in [5, 5.41) is 11.1. The monoisotopic (exact) mass is 324 g/mol. The van der Waals surface area contributed by atoms with Crippen LogP contribution in [0, 0.1) is 11.8 Å². The molecule has 24 heavy (non-hydrogen) atoms. The van der Waals surface area contributed by atoms with Gasteiger partial charge in [0.2, 0.25) is 0 Å². The summed E-state index contributed by atoms with van der Waals surface area (Å²) in [7, 11) is 0. The minimum absolute atomic E-state index is 0.435. The van der Waals surface area contributed by atoms with Gasteiger partial charge in [-0.05, 0) is 42.2 Å². The van der Waals surface area contributed by atoms with E-state index in [2.05, 4.69) is 49.4 Å². The van der Waals surface area contributed by atoms with Crippen LogP contribution in [0.1, 0.15) is 70.3 Å². The van der Waals surface area contributed by atoms with E-state index in [9.17, 15) is 5.11 Å². The first-order chi connectivity index (χ1) is 11.7. The summed E-state index contributed by atoms with van der Waals surface area (Å²) in [5.74, 6) is 1.34. The van der Waals surface area contributed by atoms with E-state index in [-0.39, 0.29) is 0 Å². The third kappa shape index (κ3) is 4.19. The topological polar surface area (TPSA) is 20.2 Å². The quantitative estimate of drug-likeness (QED) is 0.622. The smallest absolute Gasteiger partial charge is 0.0893 e. The van der Waals surface area contributed by atoms with Crippen molar-refractivity contribution in [3.63, 3.8) is 0 Å². The van der Waals surface area contributed by atoms with E-state index in [0.717, 1.165) is 12.3 Å². The third-order valence-electron chi connectivity index (χ3n) is 6.08. The number of rotatable bonds is 6. The van der Waals surface area contributed by atoms with Crippen LogP contribution in [0.4, 0.5) is 0 Å². The van der Waals surface area contributed by atoms with Gasteiger partial charge in [-0.3, -0.25) is 0 Å². The van der Waals surface area contributed by atoms with Crippen LogP contribution in [-0.2, 0) is 0 Å². The molecule has 0 heterocycles. The van der Waals surface area contributed by atoms with Crippen LogP contribution < -0.4 is 0 Å². The average molecular weight is 325 g/mol. The normalized spacial score (nSPS) is 30.2. The van der Waals surface area contributed by atoms with Crippen molar-refractivity contribution in [3.05, 3.63) is 54.1 Å². The van der Waals surface area contributed by atoms with E-state index in [4.69, 9.17) is 0 Å². The van der Waals surface area contributed by atoms with Crippen molar-refractivity contribution in [2.24, 2.45) is 11.8 Å².